The second kappa shape index (κ2) is 6.25. The molecule has 0 unspecified atom stereocenters. The number of amides is 1. The number of hydrogen-bond donors (Lipinski definition) is 1. The number of aromatic nitrogens is 1. The Kier molecular flexibility index (Phi) is 4.43. The number of carbonyl (C=O) groups is 1. The van der Waals surface area contributed by atoms with E-state index < -0.39 is 0 Å². The van der Waals surface area contributed by atoms with E-state index in [0.29, 0.717) is 11.7 Å². The quantitative estimate of drug-likeness (QED) is 0.915. The molecule has 1 aliphatic heterocycles. The molecule has 0 spiro atoms. The van der Waals surface area contributed by atoms with Gasteiger partial charge in [0, 0.05) is 43.1 Å². The van der Waals surface area contributed by atoms with Gasteiger partial charge >= 0.3 is 0 Å². The number of aromatic amines is 1. The van der Waals surface area contributed by atoms with Gasteiger partial charge in [0.25, 0.3) is 5.91 Å². The van der Waals surface area contributed by atoms with Gasteiger partial charge in [-0.15, -0.1) is 0 Å². The van der Waals surface area contributed by atoms with Gasteiger partial charge in [-0.2, -0.15) is 0 Å². The van der Waals surface area contributed by atoms with Crippen LogP contribution in [-0.2, 0) is 5.41 Å². The molecule has 0 saturated carbocycles. The van der Waals surface area contributed by atoms with Crippen molar-refractivity contribution in [3.8, 4) is 0 Å². The number of carbonyl (C=O) groups excluding carboxylic acids is 1. The molecule has 0 bridgehead atoms. The normalized spacial score (nSPS) is 17.0. The van der Waals surface area contributed by atoms with Crippen LogP contribution in [0.5, 0.6) is 0 Å². The van der Waals surface area contributed by atoms with Gasteiger partial charge in [0.1, 0.15) is 5.69 Å². The molecule has 3 rings (SSSR count). The molecular formula is C20H29N3O. The number of H-pyrrole nitrogens is 1. The highest BCUT2D eigenvalue weighted by molar-refractivity contribution is 5.98. The molecular weight excluding hydrogens is 298 g/mol. The molecule has 1 saturated heterocycles. The second-order valence-corrected chi connectivity index (χ2v) is 8.16. The third-order valence-corrected chi connectivity index (χ3v) is 5.05. The smallest absolute Gasteiger partial charge is 0.270 e. The number of hydrogen-bond acceptors (Lipinski definition) is 2. The van der Waals surface area contributed by atoms with Gasteiger partial charge in [-0.25, -0.2) is 0 Å². The maximum absolute atomic E-state index is 12.8. The first-order chi connectivity index (χ1) is 11.3. The van der Waals surface area contributed by atoms with Gasteiger partial charge in [0.15, 0.2) is 0 Å². The molecule has 0 aliphatic carbocycles. The summed E-state index contributed by atoms with van der Waals surface area (Å²) in [4.78, 5) is 20.5. The first-order valence-electron chi connectivity index (χ1n) is 8.92. The summed E-state index contributed by atoms with van der Waals surface area (Å²) >= 11 is 0. The van der Waals surface area contributed by atoms with E-state index in [0.717, 1.165) is 37.1 Å². The first-order valence-corrected chi connectivity index (χ1v) is 8.92. The number of nitrogens with one attached hydrogen (secondary N) is 1. The molecule has 0 atom stereocenters. The molecule has 2 aromatic rings. The number of piperazine rings is 1. The highest BCUT2D eigenvalue weighted by atomic mass is 16.2. The van der Waals surface area contributed by atoms with Crippen LogP contribution in [0.2, 0.25) is 0 Å². The molecule has 4 heteroatoms. The van der Waals surface area contributed by atoms with Crippen LogP contribution in [-0.4, -0.2) is 52.9 Å². The van der Waals surface area contributed by atoms with Crippen molar-refractivity contribution in [2.75, 3.05) is 26.2 Å². The van der Waals surface area contributed by atoms with Gasteiger partial charge in [-0.05, 0) is 37.0 Å². The molecule has 1 aliphatic rings. The van der Waals surface area contributed by atoms with Gasteiger partial charge in [0.05, 0.1) is 0 Å². The van der Waals surface area contributed by atoms with Crippen LogP contribution in [0.15, 0.2) is 24.3 Å². The molecule has 1 fully saturated rings. The van der Waals surface area contributed by atoms with E-state index in [2.05, 4.69) is 62.7 Å². The number of nitrogens with zero attached hydrogens (tertiary/aromatic N) is 2. The Labute approximate surface area is 144 Å². The fraction of sp³-hybridized carbons (Fsp3) is 0.550. The van der Waals surface area contributed by atoms with E-state index >= 15 is 0 Å². The van der Waals surface area contributed by atoms with Gasteiger partial charge in [0.2, 0.25) is 0 Å². The zero-order valence-electron chi connectivity index (χ0n) is 15.5. The minimum absolute atomic E-state index is 0.108. The number of rotatable bonds is 2. The molecule has 24 heavy (non-hydrogen) atoms. The van der Waals surface area contributed by atoms with Crippen molar-refractivity contribution in [1.29, 1.82) is 0 Å². The summed E-state index contributed by atoms with van der Waals surface area (Å²) in [6.45, 7) is 14.6. The largest absolute Gasteiger partial charge is 0.351 e. The zero-order valence-corrected chi connectivity index (χ0v) is 15.5. The summed E-state index contributed by atoms with van der Waals surface area (Å²) < 4.78 is 0. The van der Waals surface area contributed by atoms with Crippen LogP contribution < -0.4 is 0 Å². The van der Waals surface area contributed by atoms with Crippen molar-refractivity contribution in [3.63, 3.8) is 0 Å². The summed E-state index contributed by atoms with van der Waals surface area (Å²) in [7, 11) is 0. The van der Waals surface area contributed by atoms with E-state index in [9.17, 15) is 4.79 Å². The van der Waals surface area contributed by atoms with Gasteiger partial charge in [-0.3, -0.25) is 9.69 Å². The Bertz CT molecular complexity index is 731. The molecule has 2 heterocycles. The average molecular weight is 327 g/mol. The Balaban J connectivity index is 1.78. The van der Waals surface area contributed by atoms with Crippen molar-refractivity contribution >= 4 is 16.8 Å². The van der Waals surface area contributed by atoms with Gasteiger partial charge in [-0.1, -0.05) is 32.9 Å². The lowest BCUT2D eigenvalue weighted by Crippen LogP contribution is -2.50. The summed E-state index contributed by atoms with van der Waals surface area (Å²) in [6, 6.07) is 8.97. The Morgan fingerprint density at radius 1 is 1.08 bits per heavy atom. The van der Waals surface area contributed by atoms with E-state index in [1.165, 1.54) is 5.56 Å². The maximum Gasteiger partial charge on any atom is 0.270 e. The standard InChI is InChI=1S/C20H29N3O/c1-14(2)22-8-10-23(11-9-22)19(24)18-12-15-6-7-16(20(3,4)5)13-17(15)21-18/h6-7,12-14,21H,8-11H2,1-5H3. The molecule has 1 aromatic heterocycles. The highest BCUT2D eigenvalue weighted by Gasteiger charge is 2.24. The Morgan fingerprint density at radius 2 is 1.75 bits per heavy atom. The molecule has 1 aromatic carbocycles. The summed E-state index contributed by atoms with van der Waals surface area (Å²) in [5.41, 5.74) is 3.14. The summed E-state index contributed by atoms with van der Waals surface area (Å²) in [5.74, 6) is 0.118. The molecule has 0 radical (unpaired) electrons. The van der Waals surface area contributed by atoms with E-state index in [1.54, 1.807) is 0 Å². The van der Waals surface area contributed by atoms with Crippen molar-refractivity contribution in [2.45, 2.75) is 46.1 Å². The maximum atomic E-state index is 12.8. The molecule has 130 valence electrons. The van der Waals surface area contributed by atoms with Crippen molar-refractivity contribution in [1.82, 2.24) is 14.8 Å². The van der Waals surface area contributed by atoms with Crippen LogP contribution in [0.3, 0.4) is 0 Å². The topological polar surface area (TPSA) is 39.3 Å². The third-order valence-electron chi connectivity index (χ3n) is 5.05. The highest BCUT2D eigenvalue weighted by Crippen LogP contribution is 2.26. The van der Waals surface area contributed by atoms with Crippen LogP contribution in [0, 0.1) is 0 Å². The lowest BCUT2D eigenvalue weighted by Gasteiger charge is -2.36. The first kappa shape index (κ1) is 17.0. The minimum atomic E-state index is 0.108. The lowest BCUT2D eigenvalue weighted by atomic mass is 9.87. The van der Waals surface area contributed by atoms with E-state index in [4.69, 9.17) is 0 Å². The van der Waals surface area contributed by atoms with Crippen molar-refractivity contribution in [2.24, 2.45) is 0 Å². The minimum Gasteiger partial charge on any atom is -0.351 e. The zero-order chi connectivity index (χ0) is 17.5. The predicted molar refractivity (Wildman–Crippen MR) is 99.6 cm³/mol. The Hall–Kier alpha value is -1.81. The van der Waals surface area contributed by atoms with Crippen LogP contribution in [0.4, 0.5) is 0 Å². The SMILES string of the molecule is CC(C)N1CCN(C(=O)c2cc3ccc(C(C)(C)C)cc3[nH]2)CC1. The van der Waals surface area contributed by atoms with Crippen molar-refractivity contribution in [3.05, 3.63) is 35.5 Å². The third kappa shape index (κ3) is 3.34. The second-order valence-electron chi connectivity index (χ2n) is 8.16. The predicted octanol–water partition coefficient (Wildman–Crippen LogP) is 3.63. The van der Waals surface area contributed by atoms with E-state index in [1.807, 2.05) is 11.0 Å². The fourth-order valence-corrected chi connectivity index (χ4v) is 3.32. The van der Waals surface area contributed by atoms with Crippen LogP contribution in [0.1, 0.15) is 50.7 Å². The van der Waals surface area contributed by atoms with Crippen molar-refractivity contribution < 1.29 is 4.79 Å². The molecule has 1 amide bonds. The summed E-state index contributed by atoms with van der Waals surface area (Å²) in [5, 5.41) is 1.10. The average Bonchev–Trinajstić information content (AvgIpc) is 2.96. The lowest BCUT2D eigenvalue weighted by molar-refractivity contribution is 0.0591. The van der Waals surface area contributed by atoms with Crippen LogP contribution in [0.25, 0.3) is 10.9 Å². The fourth-order valence-electron chi connectivity index (χ4n) is 3.32. The number of benzene rings is 1. The molecule has 4 nitrogen and oxygen atoms in total. The molecule has 1 N–H and O–H groups in total. The van der Waals surface area contributed by atoms with Crippen LogP contribution >= 0.6 is 0 Å². The summed E-state index contributed by atoms with van der Waals surface area (Å²) in [6.07, 6.45) is 0. The number of fused-ring (bicyclic) bond motifs is 1. The Morgan fingerprint density at radius 3 is 2.33 bits per heavy atom. The van der Waals surface area contributed by atoms with E-state index in [-0.39, 0.29) is 11.3 Å². The monoisotopic (exact) mass is 327 g/mol. The van der Waals surface area contributed by atoms with Gasteiger partial charge < -0.3 is 9.88 Å².